The van der Waals surface area contributed by atoms with Gasteiger partial charge in [0.2, 0.25) is 6.41 Å². The first-order chi connectivity index (χ1) is 20.7. The van der Waals surface area contributed by atoms with E-state index >= 15 is 0 Å². The van der Waals surface area contributed by atoms with Crippen LogP contribution in [0.2, 0.25) is 16.6 Å². The summed E-state index contributed by atoms with van der Waals surface area (Å²) in [5.74, 6) is 11.8. The van der Waals surface area contributed by atoms with Gasteiger partial charge in [-0.1, -0.05) is 112 Å². The van der Waals surface area contributed by atoms with E-state index in [4.69, 9.17) is 9.47 Å². The van der Waals surface area contributed by atoms with Crippen LogP contribution in [-0.2, 0) is 4.79 Å². The average molecular weight is 602 g/mol. The minimum atomic E-state index is -1.94. The van der Waals surface area contributed by atoms with Crippen molar-refractivity contribution in [3.8, 4) is 34.8 Å². The first-order valence-electron chi connectivity index (χ1n) is 16.5. The van der Waals surface area contributed by atoms with E-state index in [0.29, 0.717) is 36.2 Å². The molecule has 0 radical (unpaired) electrons. The second-order valence-corrected chi connectivity index (χ2v) is 18.0. The Labute approximate surface area is 263 Å². The van der Waals surface area contributed by atoms with Crippen LogP contribution in [0.15, 0.2) is 36.4 Å². The minimum absolute atomic E-state index is 0.547. The van der Waals surface area contributed by atoms with Gasteiger partial charge in [0.25, 0.3) is 0 Å². The normalized spacial score (nSPS) is 11.1. The second kappa shape index (κ2) is 19.2. The molecule has 2 rings (SSSR count). The Kier molecular flexibility index (Phi) is 16.1. The van der Waals surface area contributed by atoms with Gasteiger partial charge in [-0.25, -0.2) is 0 Å². The van der Waals surface area contributed by atoms with Crippen molar-refractivity contribution in [3.05, 3.63) is 53.1 Å². The van der Waals surface area contributed by atoms with Gasteiger partial charge in [0.15, 0.2) is 0 Å². The Morgan fingerprint density at radius 3 is 1.63 bits per heavy atom. The third kappa shape index (κ3) is 11.1. The highest BCUT2D eigenvalue weighted by atomic mass is 28.3. The molecule has 0 bridgehead atoms. The summed E-state index contributed by atoms with van der Waals surface area (Å²) in [7, 11) is -1.94. The van der Waals surface area contributed by atoms with Crippen molar-refractivity contribution in [1.82, 2.24) is 0 Å². The van der Waals surface area contributed by atoms with E-state index in [-0.39, 0.29) is 0 Å². The van der Waals surface area contributed by atoms with Gasteiger partial charge in [-0.15, -0.1) is 5.54 Å². The van der Waals surface area contributed by atoms with Gasteiger partial charge in [-0.3, -0.25) is 4.79 Å². The molecule has 234 valence electrons. The van der Waals surface area contributed by atoms with Crippen molar-refractivity contribution in [3.63, 3.8) is 0 Å². The number of ether oxygens (including phenoxy) is 2. The average Bonchev–Trinajstić information content (AvgIpc) is 2.97. The zero-order valence-corrected chi connectivity index (χ0v) is 29.1. The Balaban J connectivity index is 2.60. The molecule has 0 aliphatic heterocycles. The molecule has 0 saturated carbocycles. The third-order valence-electron chi connectivity index (χ3n) is 8.32. The van der Waals surface area contributed by atoms with Crippen LogP contribution in [0.4, 0.5) is 5.69 Å². The zero-order valence-electron chi connectivity index (χ0n) is 28.1. The van der Waals surface area contributed by atoms with E-state index in [1.54, 1.807) is 0 Å². The smallest absolute Gasteiger partial charge is 0.211 e. The van der Waals surface area contributed by atoms with Gasteiger partial charge in [-0.2, -0.15) is 0 Å². The van der Waals surface area contributed by atoms with E-state index in [2.05, 4.69) is 90.1 Å². The summed E-state index contributed by atoms with van der Waals surface area (Å²) in [6.45, 7) is 19.8. The number of carbonyl (C=O) groups excluding carboxylic acids is 1. The Morgan fingerprint density at radius 2 is 1.19 bits per heavy atom. The standard InChI is InChI=1S/C38H55NO3Si/c1-9-11-13-15-24-41-37-28-35(23-26-43(30(3)4,31(5)6)32(7)8)38(42-25-16-14-12-10-2)27-34(37)20-17-33-18-21-36(22-19-33)39-29-40/h18-19,21-22,27-32H,9-16,24-25H2,1-8H3,(H,39,40). The quantitative estimate of drug-likeness (QED) is 0.0849. The van der Waals surface area contributed by atoms with Crippen LogP contribution < -0.4 is 14.8 Å². The Morgan fingerprint density at radius 1 is 0.698 bits per heavy atom. The monoisotopic (exact) mass is 601 g/mol. The van der Waals surface area contributed by atoms with Gasteiger partial charge in [-0.05, 0) is 53.7 Å². The fourth-order valence-electron chi connectivity index (χ4n) is 5.88. The lowest BCUT2D eigenvalue weighted by Gasteiger charge is -2.38. The van der Waals surface area contributed by atoms with Crippen LogP contribution >= 0.6 is 0 Å². The van der Waals surface area contributed by atoms with Crippen LogP contribution in [0.25, 0.3) is 0 Å². The first kappa shape index (κ1) is 36.0. The van der Waals surface area contributed by atoms with E-state index in [9.17, 15) is 4.79 Å². The van der Waals surface area contributed by atoms with Crippen molar-refractivity contribution in [2.75, 3.05) is 18.5 Å². The lowest BCUT2D eigenvalue weighted by molar-refractivity contribution is -0.105. The lowest BCUT2D eigenvalue weighted by Crippen LogP contribution is -2.43. The SMILES string of the molecule is CCCCCCOc1cc(C#C[Si](C(C)C)(C(C)C)C(C)C)c(OCCCCCC)cc1C#Cc1ccc(NC=O)cc1. The summed E-state index contributed by atoms with van der Waals surface area (Å²) >= 11 is 0. The highest BCUT2D eigenvalue weighted by Crippen LogP contribution is 2.41. The molecule has 1 amide bonds. The molecular weight excluding hydrogens is 547 g/mol. The van der Waals surface area contributed by atoms with Crippen LogP contribution in [-0.4, -0.2) is 27.7 Å². The summed E-state index contributed by atoms with van der Waals surface area (Å²) < 4.78 is 12.8. The fraction of sp³-hybridized carbons (Fsp3) is 0.553. The molecule has 0 aliphatic rings. The maximum Gasteiger partial charge on any atom is 0.211 e. The summed E-state index contributed by atoms with van der Waals surface area (Å²) in [4.78, 5) is 10.8. The number of nitrogens with one attached hydrogen (secondary N) is 1. The van der Waals surface area contributed by atoms with Gasteiger partial charge >= 0.3 is 0 Å². The van der Waals surface area contributed by atoms with Gasteiger partial charge in [0.05, 0.1) is 24.3 Å². The maximum absolute atomic E-state index is 10.8. The molecule has 4 nitrogen and oxygen atoms in total. The number of hydrogen-bond donors (Lipinski definition) is 1. The molecule has 5 heteroatoms. The molecular formula is C38H55NO3Si. The molecule has 0 unspecified atom stereocenters. The number of hydrogen-bond acceptors (Lipinski definition) is 3. The second-order valence-electron chi connectivity index (χ2n) is 12.4. The van der Waals surface area contributed by atoms with Crippen LogP contribution in [0.3, 0.4) is 0 Å². The predicted molar refractivity (Wildman–Crippen MR) is 186 cm³/mol. The van der Waals surface area contributed by atoms with Gasteiger partial charge in [0.1, 0.15) is 19.6 Å². The van der Waals surface area contributed by atoms with Crippen LogP contribution in [0.5, 0.6) is 11.5 Å². The van der Waals surface area contributed by atoms with Crippen molar-refractivity contribution >= 4 is 20.2 Å². The predicted octanol–water partition coefficient (Wildman–Crippen LogP) is 10.1. The van der Waals surface area contributed by atoms with Crippen molar-refractivity contribution in [1.29, 1.82) is 0 Å². The third-order valence-corrected chi connectivity index (χ3v) is 14.6. The zero-order chi connectivity index (χ0) is 31.7. The molecule has 0 fully saturated rings. The van der Waals surface area contributed by atoms with Crippen molar-refractivity contribution < 1.29 is 14.3 Å². The summed E-state index contributed by atoms with van der Waals surface area (Å²) in [6.07, 6.45) is 9.80. The summed E-state index contributed by atoms with van der Waals surface area (Å²) in [5.41, 5.74) is 8.83. The number of amides is 1. The topological polar surface area (TPSA) is 47.6 Å². The summed E-state index contributed by atoms with van der Waals surface area (Å²) in [5, 5.41) is 2.67. The number of carbonyl (C=O) groups is 1. The van der Waals surface area contributed by atoms with Crippen molar-refractivity contribution in [2.24, 2.45) is 0 Å². The van der Waals surface area contributed by atoms with E-state index in [1.165, 1.54) is 25.7 Å². The fourth-order valence-corrected chi connectivity index (χ4v) is 11.1. The number of anilines is 1. The van der Waals surface area contributed by atoms with Gasteiger partial charge in [0, 0.05) is 23.4 Å². The highest BCUT2D eigenvalue weighted by molar-refractivity contribution is 6.90. The van der Waals surface area contributed by atoms with Crippen LogP contribution in [0.1, 0.15) is 123 Å². The molecule has 0 heterocycles. The molecule has 0 aliphatic carbocycles. The minimum Gasteiger partial charge on any atom is -0.492 e. The van der Waals surface area contributed by atoms with E-state index in [1.807, 2.05) is 30.3 Å². The van der Waals surface area contributed by atoms with E-state index in [0.717, 1.165) is 59.6 Å². The number of benzene rings is 2. The molecule has 0 spiro atoms. The first-order valence-corrected chi connectivity index (χ1v) is 18.7. The largest absolute Gasteiger partial charge is 0.492 e. The molecule has 0 atom stereocenters. The number of unbranched alkanes of at least 4 members (excludes halogenated alkanes) is 6. The Bertz CT molecular complexity index is 1220. The van der Waals surface area contributed by atoms with Gasteiger partial charge < -0.3 is 14.8 Å². The molecule has 43 heavy (non-hydrogen) atoms. The molecule has 2 aromatic rings. The molecule has 1 N–H and O–H groups in total. The lowest BCUT2D eigenvalue weighted by atomic mass is 10.1. The molecule has 0 saturated heterocycles. The maximum atomic E-state index is 10.8. The Hall–Kier alpha value is -3.15. The summed E-state index contributed by atoms with van der Waals surface area (Å²) in [6, 6.07) is 11.6. The van der Waals surface area contributed by atoms with Crippen molar-refractivity contribution in [2.45, 2.75) is 123 Å². The number of rotatable bonds is 17. The molecule has 0 aromatic heterocycles. The van der Waals surface area contributed by atoms with E-state index < -0.39 is 8.07 Å². The molecule has 2 aromatic carbocycles. The van der Waals surface area contributed by atoms with Crippen LogP contribution in [0, 0.1) is 23.3 Å². The highest BCUT2D eigenvalue weighted by Gasteiger charge is 2.41.